The lowest BCUT2D eigenvalue weighted by atomic mass is 10.1. The zero-order valence-electron chi connectivity index (χ0n) is 12.6. The molecule has 0 aliphatic heterocycles. The maximum absolute atomic E-state index is 5.18. The Bertz CT molecular complexity index is 191. The van der Waals surface area contributed by atoms with Crippen LogP contribution in [0.4, 0.5) is 0 Å². The average molecular weight is 256 g/mol. The molecule has 0 unspecified atom stereocenters. The maximum Gasteiger partial charge on any atom is 0.0589 e. The van der Waals surface area contributed by atoms with E-state index in [4.69, 9.17) is 4.74 Å². The number of nitrogens with one attached hydrogen (secondary N) is 1. The molecule has 1 saturated carbocycles. The highest BCUT2D eigenvalue weighted by Gasteiger charge is 2.14. The summed E-state index contributed by atoms with van der Waals surface area (Å²) in [5.41, 5.74) is 0. The van der Waals surface area contributed by atoms with Gasteiger partial charge in [-0.15, -0.1) is 0 Å². The maximum atomic E-state index is 5.18. The Morgan fingerprint density at radius 1 is 1.22 bits per heavy atom. The molecule has 0 heterocycles. The van der Waals surface area contributed by atoms with E-state index in [-0.39, 0.29) is 0 Å². The number of hydrogen-bond donors (Lipinski definition) is 1. The van der Waals surface area contributed by atoms with Gasteiger partial charge in [0.1, 0.15) is 0 Å². The van der Waals surface area contributed by atoms with Gasteiger partial charge in [-0.25, -0.2) is 0 Å². The summed E-state index contributed by atoms with van der Waals surface area (Å²) < 4.78 is 5.18. The summed E-state index contributed by atoms with van der Waals surface area (Å²) in [5.74, 6) is 1.68. The van der Waals surface area contributed by atoms with Crippen molar-refractivity contribution in [2.24, 2.45) is 11.8 Å². The van der Waals surface area contributed by atoms with Crippen molar-refractivity contribution in [1.82, 2.24) is 10.2 Å². The van der Waals surface area contributed by atoms with Gasteiger partial charge < -0.3 is 10.1 Å². The first kappa shape index (κ1) is 15.9. The molecule has 1 fully saturated rings. The molecule has 3 nitrogen and oxygen atoms in total. The molecule has 0 aromatic carbocycles. The second-order valence-electron chi connectivity index (χ2n) is 6.04. The fraction of sp³-hybridized carbons (Fsp3) is 1.00. The minimum Gasteiger partial charge on any atom is -0.383 e. The lowest BCUT2D eigenvalue weighted by Gasteiger charge is -2.24. The number of ether oxygens (including phenoxy) is 1. The average Bonchev–Trinajstić information content (AvgIpc) is 2.83. The molecule has 0 saturated heterocycles. The second kappa shape index (κ2) is 9.76. The van der Waals surface area contributed by atoms with E-state index in [1.165, 1.54) is 38.8 Å². The minimum absolute atomic E-state index is 0.733. The fourth-order valence-electron chi connectivity index (χ4n) is 2.79. The number of hydrogen-bond acceptors (Lipinski definition) is 3. The summed E-state index contributed by atoms with van der Waals surface area (Å²) in [6.45, 7) is 11.1. The number of methoxy groups -OCH3 is 1. The van der Waals surface area contributed by atoms with Crippen LogP contribution in [-0.4, -0.2) is 51.3 Å². The predicted octanol–water partition coefficient (Wildman–Crippen LogP) is 2.37. The lowest BCUT2D eigenvalue weighted by molar-refractivity contribution is 0.140. The topological polar surface area (TPSA) is 24.5 Å². The number of rotatable bonds is 10. The monoisotopic (exact) mass is 256 g/mol. The van der Waals surface area contributed by atoms with Gasteiger partial charge in [-0.2, -0.15) is 0 Å². The summed E-state index contributed by atoms with van der Waals surface area (Å²) in [6, 6.07) is 0. The summed E-state index contributed by atoms with van der Waals surface area (Å²) in [4.78, 5) is 2.51. The van der Waals surface area contributed by atoms with Gasteiger partial charge in [-0.05, 0) is 31.2 Å². The molecule has 1 aliphatic rings. The first-order valence-electron chi connectivity index (χ1n) is 7.64. The van der Waals surface area contributed by atoms with E-state index in [9.17, 15) is 0 Å². The molecule has 0 aromatic rings. The van der Waals surface area contributed by atoms with Gasteiger partial charge in [0, 0.05) is 33.3 Å². The van der Waals surface area contributed by atoms with Gasteiger partial charge in [-0.3, -0.25) is 4.90 Å². The third-order valence-corrected chi connectivity index (χ3v) is 3.75. The highest BCUT2D eigenvalue weighted by molar-refractivity contribution is 4.70. The van der Waals surface area contributed by atoms with Crippen LogP contribution in [0.5, 0.6) is 0 Å². The molecule has 1 aliphatic carbocycles. The van der Waals surface area contributed by atoms with Crippen LogP contribution in [0.2, 0.25) is 0 Å². The van der Waals surface area contributed by atoms with Crippen molar-refractivity contribution in [2.75, 3.05) is 46.4 Å². The van der Waals surface area contributed by atoms with Crippen molar-refractivity contribution in [3.05, 3.63) is 0 Å². The Kier molecular flexibility index (Phi) is 8.64. The molecule has 1 rings (SSSR count). The van der Waals surface area contributed by atoms with E-state index in [0.29, 0.717) is 0 Å². The Morgan fingerprint density at radius 3 is 2.56 bits per heavy atom. The van der Waals surface area contributed by atoms with Crippen molar-refractivity contribution in [1.29, 1.82) is 0 Å². The van der Waals surface area contributed by atoms with Gasteiger partial charge in [-0.1, -0.05) is 26.7 Å². The molecule has 1 N–H and O–H groups in total. The van der Waals surface area contributed by atoms with Crippen molar-refractivity contribution in [3.8, 4) is 0 Å². The Labute approximate surface area is 113 Å². The van der Waals surface area contributed by atoms with Gasteiger partial charge in [0.15, 0.2) is 0 Å². The van der Waals surface area contributed by atoms with Crippen molar-refractivity contribution in [3.63, 3.8) is 0 Å². The molecule has 0 spiro atoms. The van der Waals surface area contributed by atoms with Crippen LogP contribution in [-0.2, 0) is 4.74 Å². The second-order valence-corrected chi connectivity index (χ2v) is 6.04. The fourth-order valence-corrected chi connectivity index (χ4v) is 2.79. The predicted molar refractivity (Wildman–Crippen MR) is 78.0 cm³/mol. The van der Waals surface area contributed by atoms with E-state index < -0.39 is 0 Å². The smallest absolute Gasteiger partial charge is 0.0589 e. The van der Waals surface area contributed by atoms with Crippen molar-refractivity contribution >= 4 is 0 Å². The Balaban J connectivity index is 2.07. The molecule has 3 heteroatoms. The minimum atomic E-state index is 0.733. The molecule has 18 heavy (non-hydrogen) atoms. The SMILES string of the molecule is COCCN(CCNCC1CCCC1)CC(C)C. The van der Waals surface area contributed by atoms with Gasteiger partial charge in [0.25, 0.3) is 0 Å². The van der Waals surface area contributed by atoms with Crippen LogP contribution in [0.3, 0.4) is 0 Å². The third kappa shape index (κ3) is 7.34. The largest absolute Gasteiger partial charge is 0.383 e. The van der Waals surface area contributed by atoms with Gasteiger partial charge in [0.2, 0.25) is 0 Å². The van der Waals surface area contributed by atoms with Crippen LogP contribution >= 0.6 is 0 Å². The van der Waals surface area contributed by atoms with Crippen molar-refractivity contribution in [2.45, 2.75) is 39.5 Å². The normalized spacial score (nSPS) is 17.2. The van der Waals surface area contributed by atoms with Crippen LogP contribution in [0, 0.1) is 11.8 Å². The molecule has 0 aromatic heterocycles. The molecule has 0 amide bonds. The van der Waals surface area contributed by atoms with Crippen molar-refractivity contribution < 1.29 is 4.74 Å². The first-order valence-corrected chi connectivity index (χ1v) is 7.64. The highest BCUT2D eigenvalue weighted by atomic mass is 16.5. The molecule has 0 radical (unpaired) electrons. The molecular weight excluding hydrogens is 224 g/mol. The molecule has 0 atom stereocenters. The van der Waals surface area contributed by atoms with E-state index in [1.807, 2.05) is 0 Å². The first-order chi connectivity index (χ1) is 8.72. The standard InChI is InChI=1S/C15H32N2O/c1-14(2)13-17(10-11-18-3)9-8-16-12-15-6-4-5-7-15/h14-16H,4-13H2,1-3H3. The lowest BCUT2D eigenvalue weighted by Crippen LogP contribution is -2.37. The molecular formula is C15H32N2O. The highest BCUT2D eigenvalue weighted by Crippen LogP contribution is 2.23. The van der Waals surface area contributed by atoms with E-state index in [0.717, 1.165) is 38.1 Å². The van der Waals surface area contributed by atoms with E-state index in [1.54, 1.807) is 7.11 Å². The molecule has 108 valence electrons. The van der Waals surface area contributed by atoms with Crippen LogP contribution < -0.4 is 5.32 Å². The van der Waals surface area contributed by atoms with Crippen LogP contribution in [0.1, 0.15) is 39.5 Å². The summed E-state index contributed by atoms with van der Waals surface area (Å²) >= 11 is 0. The summed E-state index contributed by atoms with van der Waals surface area (Å²) in [6.07, 6.45) is 5.76. The summed E-state index contributed by atoms with van der Waals surface area (Å²) in [5, 5.41) is 3.62. The zero-order valence-corrected chi connectivity index (χ0v) is 12.6. The van der Waals surface area contributed by atoms with E-state index in [2.05, 4.69) is 24.1 Å². The Morgan fingerprint density at radius 2 is 1.94 bits per heavy atom. The number of nitrogens with zero attached hydrogens (tertiary/aromatic N) is 1. The van der Waals surface area contributed by atoms with Crippen LogP contribution in [0.25, 0.3) is 0 Å². The Hall–Kier alpha value is -0.120. The zero-order chi connectivity index (χ0) is 13.2. The van der Waals surface area contributed by atoms with Gasteiger partial charge >= 0.3 is 0 Å². The molecule has 0 bridgehead atoms. The van der Waals surface area contributed by atoms with Gasteiger partial charge in [0.05, 0.1) is 6.61 Å². The summed E-state index contributed by atoms with van der Waals surface area (Å²) in [7, 11) is 1.78. The van der Waals surface area contributed by atoms with Crippen LogP contribution in [0.15, 0.2) is 0 Å². The van der Waals surface area contributed by atoms with E-state index >= 15 is 0 Å². The third-order valence-electron chi connectivity index (χ3n) is 3.75. The quantitative estimate of drug-likeness (QED) is 0.607.